The lowest BCUT2D eigenvalue weighted by Gasteiger charge is -2.11. The Kier molecular flexibility index (Phi) is 5.56. The van der Waals surface area contributed by atoms with Crippen molar-refractivity contribution >= 4 is 28.7 Å². The summed E-state index contributed by atoms with van der Waals surface area (Å²) in [6.07, 6.45) is 0. The monoisotopic (exact) mass is 375 g/mol. The van der Waals surface area contributed by atoms with Crippen molar-refractivity contribution in [1.82, 2.24) is 14.9 Å². The number of halogens is 2. The molecule has 0 aliphatic rings. The molecule has 1 N–H and O–H groups in total. The average molecular weight is 375 g/mol. The molecular weight excluding hydrogens is 356 g/mol. The van der Waals surface area contributed by atoms with Crippen LogP contribution in [0.5, 0.6) is 0 Å². The van der Waals surface area contributed by atoms with Gasteiger partial charge in [-0.2, -0.15) is 8.78 Å². The van der Waals surface area contributed by atoms with Gasteiger partial charge in [0, 0.05) is 6.54 Å². The molecule has 136 valence electrons. The van der Waals surface area contributed by atoms with Gasteiger partial charge in [-0.05, 0) is 48.9 Å². The molecule has 0 unspecified atom stereocenters. The molecule has 1 aromatic heterocycles. The SMILES string of the molecule is Cc1ccc(CNC(=O)Cn2c(SC(F)F)nc3ccccc32)c(C)c1. The Morgan fingerprint density at radius 1 is 1.23 bits per heavy atom. The predicted molar refractivity (Wildman–Crippen MR) is 99.4 cm³/mol. The molecule has 0 bridgehead atoms. The molecular formula is C19H19F2N3OS. The largest absolute Gasteiger partial charge is 0.350 e. The van der Waals surface area contributed by atoms with Gasteiger partial charge in [-0.3, -0.25) is 4.79 Å². The first kappa shape index (κ1) is 18.4. The zero-order chi connectivity index (χ0) is 18.7. The number of benzene rings is 2. The van der Waals surface area contributed by atoms with E-state index in [9.17, 15) is 13.6 Å². The van der Waals surface area contributed by atoms with Crippen molar-refractivity contribution in [2.75, 3.05) is 0 Å². The molecule has 1 amide bonds. The van der Waals surface area contributed by atoms with Crippen molar-refractivity contribution < 1.29 is 13.6 Å². The lowest BCUT2D eigenvalue weighted by atomic mass is 10.1. The van der Waals surface area contributed by atoms with Crippen LogP contribution in [0.4, 0.5) is 8.78 Å². The lowest BCUT2D eigenvalue weighted by Crippen LogP contribution is -2.27. The van der Waals surface area contributed by atoms with Crippen LogP contribution in [0.3, 0.4) is 0 Å². The highest BCUT2D eigenvalue weighted by Gasteiger charge is 2.17. The number of amides is 1. The number of thioether (sulfide) groups is 1. The molecule has 4 nitrogen and oxygen atoms in total. The first-order chi connectivity index (χ1) is 12.4. The summed E-state index contributed by atoms with van der Waals surface area (Å²) in [5, 5.41) is 3.00. The molecule has 3 rings (SSSR count). The lowest BCUT2D eigenvalue weighted by molar-refractivity contribution is -0.121. The molecule has 0 saturated carbocycles. The maximum absolute atomic E-state index is 12.8. The molecule has 0 atom stereocenters. The Labute approximate surface area is 154 Å². The van der Waals surface area contributed by atoms with E-state index in [2.05, 4.69) is 16.4 Å². The number of carbonyl (C=O) groups is 1. The number of carbonyl (C=O) groups excluding carboxylic acids is 1. The molecule has 2 aromatic carbocycles. The topological polar surface area (TPSA) is 46.9 Å². The third kappa shape index (κ3) is 4.22. The Morgan fingerprint density at radius 3 is 2.73 bits per heavy atom. The summed E-state index contributed by atoms with van der Waals surface area (Å²) in [6, 6.07) is 13.1. The number of para-hydroxylation sites is 2. The highest BCUT2D eigenvalue weighted by molar-refractivity contribution is 7.99. The fourth-order valence-electron chi connectivity index (χ4n) is 2.81. The van der Waals surface area contributed by atoms with E-state index in [0.29, 0.717) is 29.3 Å². The van der Waals surface area contributed by atoms with Crippen molar-refractivity contribution in [1.29, 1.82) is 0 Å². The van der Waals surface area contributed by atoms with Crippen LogP contribution >= 0.6 is 11.8 Å². The maximum Gasteiger partial charge on any atom is 0.291 e. The number of imidazole rings is 1. The fourth-order valence-corrected chi connectivity index (χ4v) is 3.41. The van der Waals surface area contributed by atoms with Gasteiger partial charge in [0.25, 0.3) is 5.76 Å². The van der Waals surface area contributed by atoms with Crippen LogP contribution < -0.4 is 5.32 Å². The van der Waals surface area contributed by atoms with E-state index in [1.54, 1.807) is 24.3 Å². The minimum Gasteiger partial charge on any atom is -0.350 e. The Morgan fingerprint density at radius 2 is 2.00 bits per heavy atom. The van der Waals surface area contributed by atoms with Crippen LogP contribution in [0.25, 0.3) is 11.0 Å². The van der Waals surface area contributed by atoms with E-state index in [1.807, 2.05) is 26.0 Å². The number of aryl methyl sites for hydroxylation is 2. The van der Waals surface area contributed by atoms with E-state index in [-0.39, 0.29) is 17.6 Å². The first-order valence-electron chi connectivity index (χ1n) is 8.17. The molecule has 0 spiro atoms. The van der Waals surface area contributed by atoms with Crippen molar-refractivity contribution in [3.05, 3.63) is 59.2 Å². The van der Waals surface area contributed by atoms with Crippen LogP contribution in [-0.4, -0.2) is 21.2 Å². The number of aromatic nitrogens is 2. The Bertz CT molecular complexity index is 940. The normalized spacial score (nSPS) is 11.3. The smallest absolute Gasteiger partial charge is 0.291 e. The highest BCUT2D eigenvalue weighted by Crippen LogP contribution is 2.28. The second-order valence-corrected chi connectivity index (χ2v) is 7.01. The number of fused-ring (bicyclic) bond motifs is 1. The number of alkyl halides is 2. The second-order valence-electron chi connectivity index (χ2n) is 6.05. The number of nitrogens with zero attached hydrogens (tertiary/aromatic N) is 2. The molecule has 0 saturated heterocycles. The zero-order valence-corrected chi connectivity index (χ0v) is 15.3. The highest BCUT2D eigenvalue weighted by atomic mass is 32.2. The maximum atomic E-state index is 12.8. The van der Waals surface area contributed by atoms with Crippen LogP contribution in [-0.2, 0) is 17.9 Å². The van der Waals surface area contributed by atoms with Crippen LogP contribution in [0, 0.1) is 13.8 Å². The summed E-state index contributed by atoms with van der Waals surface area (Å²) in [6.45, 7) is 4.35. The summed E-state index contributed by atoms with van der Waals surface area (Å²) in [7, 11) is 0. The molecule has 3 aromatic rings. The van der Waals surface area contributed by atoms with E-state index < -0.39 is 5.76 Å². The Hall–Kier alpha value is -2.41. The fraction of sp³-hybridized carbons (Fsp3) is 0.263. The van der Waals surface area contributed by atoms with Crippen molar-refractivity contribution in [2.24, 2.45) is 0 Å². The number of nitrogens with one attached hydrogen (secondary N) is 1. The zero-order valence-electron chi connectivity index (χ0n) is 14.5. The van der Waals surface area contributed by atoms with E-state index >= 15 is 0 Å². The van der Waals surface area contributed by atoms with Gasteiger partial charge in [-0.15, -0.1) is 0 Å². The molecule has 26 heavy (non-hydrogen) atoms. The molecule has 0 fully saturated rings. The summed E-state index contributed by atoms with van der Waals surface area (Å²) in [5.41, 5.74) is 4.56. The first-order valence-corrected chi connectivity index (χ1v) is 9.05. The van der Waals surface area contributed by atoms with Gasteiger partial charge in [-0.1, -0.05) is 35.9 Å². The minimum absolute atomic E-state index is 0.0551. The molecule has 1 heterocycles. The third-order valence-corrected chi connectivity index (χ3v) is 4.79. The average Bonchev–Trinajstić information content (AvgIpc) is 2.91. The van der Waals surface area contributed by atoms with Gasteiger partial charge in [0.2, 0.25) is 5.91 Å². The van der Waals surface area contributed by atoms with Gasteiger partial charge in [0.15, 0.2) is 5.16 Å². The van der Waals surface area contributed by atoms with E-state index in [1.165, 1.54) is 4.57 Å². The molecule has 7 heteroatoms. The van der Waals surface area contributed by atoms with E-state index in [4.69, 9.17) is 0 Å². The van der Waals surface area contributed by atoms with Gasteiger partial charge in [-0.25, -0.2) is 4.98 Å². The van der Waals surface area contributed by atoms with Gasteiger partial charge in [0.1, 0.15) is 6.54 Å². The number of rotatable bonds is 6. The molecule has 0 aliphatic carbocycles. The summed E-state index contributed by atoms with van der Waals surface area (Å²) >= 11 is 0.350. The molecule has 0 aliphatic heterocycles. The van der Waals surface area contributed by atoms with Gasteiger partial charge in [0.05, 0.1) is 11.0 Å². The van der Waals surface area contributed by atoms with Crippen LogP contribution in [0.15, 0.2) is 47.6 Å². The van der Waals surface area contributed by atoms with Crippen molar-refractivity contribution in [2.45, 2.75) is 37.9 Å². The predicted octanol–water partition coefficient (Wildman–Crippen LogP) is 4.28. The number of hydrogen-bond donors (Lipinski definition) is 1. The second kappa shape index (κ2) is 7.86. The van der Waals surface area contributed by atoms with Crippen molar-refractivity contribution in [3.8, 4) is 0 Å². The quantitative estimate of drug-likeness (QED) is 0.654. The van der Waals surface area contributed by atoms with Crippen LogP contribution in [0.2, 0.25) is 0 Å². The molecule has 0 radical (unpaired) electrons. The van der Waals surface area contributed by atoms with Crippen molar-refractivity contribution in [3.63, 3.8) is 0 Å². The minimum atomic E-state index is -2.59. The van der Waals surface area contributed by atoms with Gasteiger partial charge >= 0.3 is 0 Å². The van der Waals surface area contributed by atoms with E-state index in [0.717, 1.165) is 16.7 Å². The standard InChI is InChI=1S/C19H19F2N3OS/c1-12-7-8-14(13(2)9-12)10-22-17(25)11-24-16-6-4-3-5-15(16)23-19(24)26-18(20)21/h3-9,18H,10-11H2,1-2H3,(H,22,25). The number of hydrogen-bond acceptors (Lipinski definition) is 3. The summed E-state index contributed by atoms with van der Waals surface area (Å²) in [4.78, 5) is 16.6. The van der Waals surface area contributed by atoms with Gasteiger partial charge < -0.3 is 9.88 Å². The third-order valence-electron chi connectivity index (χ3n) is 4.09. The van der Waals surface area contributed by atoms with Crippen LogP contribution in [0.1, 0.15) is 16.7 Å². The Balaban J connectivity index is 1.76. The summed E-state index contributed by atoms with van der Waals surface area (Å²) in [5.74, 6) is -2.84. The summed E-state index contributed by atoms with van der Waals surface area (Å²) < 4.78 is 27.2.